The molecule has 0 unspecified atom stereocenters. The van der Waals surface area contributed by atoms with Crippen LogP contribution in [-0.2, 0) is 0 Å². The van der Waals surface area contributed by atoms with E-state index in [1.54, 1.807) is 11.3 Å². The van der Waals surface area contributed by atoms with Crippen LogP contribution in [0.1, 0.15) is 36.6 Å². The van der Waals surface area contributed by atoms with Gasteiger partial charge < -0.3 is 5.73 Å². The highest BCUT2D eigenvalue weighted by molar-refractivity contribution is 9.10. The maximum atomic E-state index is 6.23. The van der Waals surface area contributed by atoms with E-state index in [2.05, 4.69) is 27.4 Å². The van der Waals surface area contributed by atoms with E-state index in [4.69, 9.17) is 5.73 Å². The largest absolute Gasteiger partial charge is 0.323 e. The van der Waals surface area contributed by atoms with Gasteiger partial charge in [-0.15, -0.1) is 11.3 Å². The summed E-state index contributed by atoms with van der Waals surface area (Å²) in [6.07, 6.45) is 5.35. The highest BCUT2D eigenvalue weighted by Crippen LogP contribution is 2.38. The van der Waals surface area contributed by atoms with E-state index in [-0.39, 0.29) is 6.04 Å². The Kier molecular flexibility index (Phi) is 3.06. The zero-order valence-corrected chi connectivity index (χ0v) is 9.90. The molecular weight excluding hydrogens is 246 g/mol. The van der Waals surface area contributed by atoms with Gasteiger partial charge in [0.1, 0.15) is 0 Å². The first-order valence-electron chi connectivity index (χ1n) is 4.77. The Morgan fingerprint density at radius 1 is 1.46 bits per heavy atom. The van der Waals surface area contributed by atoms with Crippen molar-refractivity contribution in [1.29, 1.82) is 0 Å². The second-order valence-corrected chi connectivity index (χ2v) is 5.51. The first-order chi connectivity index (χ1) is 6.29. The van der Waals surface area contributed by atoms with Gasteiger partial charge in [0.2, 0.25) is 0 Å². The molecule has 1 saturated carbocycles. The number of rotatable bonds is 2. The Morgan fingerprint density at radius 3 is 2.69 bits per heavy atom. The third kappa shape index (κ3) is 1.97. The SMILES string of the molecule is N[C@@H](c1sccc1Br)C1CCCC1. The lowest BCUT2D eigenvalue weighted by molar-refractivity contribution is 0.449. The number of thiophene rings is 1. The molecule has 2 N–H and O–H groups in total. The molecule has 0 aliphatic heterocycles. The average molecular weight is 260 g/mol. The Balaban J connectivity index is 2.12. The lowest BCUT2D eigenvalue weighted by atomic mass is 9.98. The zero-order chi connectivity index (χ0) is 9.26. The Morgan fingerprint density at radius 2 is 2.15 bits per heavy atom. The van der Waals surface area contributed by atoms with Crippen LogP contribution in [0.4, 0.5) is 0 Å². The van der Waals surface area contributed by atoms with E-state index < -0.39 is 0 Å². The van der Waals surface area contributed by atoms with Crippen LogP contribution in [0, 0.1) is 5.92 Å². The lowest BCUT2D eigenvalue weighted by Gasteiger charge is -2.17. The van der Waals surface area contributed by atoms with Gasteiger partial charge in [-0.1, -0.05) is 12.8 Å². The quantitative estimate of drug-likeness (QED) is 0.862. The summed E-state index contributed by atoms with van der Waals surface area (Å²) in [5.74, 6) is 0.718. The molecule has 72 valence electrons. The summed E-state index contributed by atoms with van der Waals surface area (Å²) in [5, 5.41) is 2.11. The summed E-state index contributed by atoms with van der Waals surface area (Å²) in [7, 11) is 0. The third-order valence-corrected chi connectivity index (χ3v) is 4.83. The molecule has 0 radical (unpaired) electrons. The van der Waals surface area contributed by atoms with Gasteiger partial charge in [0.05, 0.1) is 0 Å². The summed E-state index contributed by atoms with van der Waals surface area (Å²) in [5.41, 5.74) is 6.23. The molecule has 3 heteroatoms. The Hall–Kier alpha value is 0.140. The fourth-order valence-corrected chi connectivity index (χ4v) is 3.81. The van der Waals surface area contributed by atoms with Crippen molar-refractivity contribution >= 4 is 27.3 Å². The van der Waals surface area contributed by atoms with Crippen LogP contribution in [0.5, 0.6) is 0 Å². The molecule has 0 spiro atoms. The molecule has 1 aromatic rings. The number of halogens is 1. The Bertz CT molecular complexity index is 278. The van der Waals surface area contributed by atoms with Crippen LogP contribution in [0.25, 0.3) is 0 Å². The van der Waals surface area contributed by atoms with Gasteiger partial charge in [0.15, 0.2) is 0 Å². The summed E-state index contributed by atoms with van der Waals surface area (Å²) in [4.78, 5) is 1.33. The Labute approximate surface area is 91.5 Å². The second-order valence-electron chi connectivity index (χ2n) is 3.70. The van der Waals surface area contributed by atoms with Gasteiger partial charge in [-0.3, -0.25) is 0 Å². The molecule has 13 heavy (non-hydrogen) atoms. The van der Waals surface area contributed by atoms with Crippen molar-refractivity contribution in [1.82, 2.24) is 0 Å². The van der Waals surface area contributed by atoms with Crippen LogP contribution in [-0.4, -0.2) is 0 Å². The van der Waals surface area contributed by atoms with Gasteiger partial charge >= 0.3 is 0 Å². The summed E-state index contributed by atoms with van der Waals surface area (Å²) < 4.78 is 1.19. The normalized spacial score (nSPS) is 20.8. The monoisotopic (exact) mass is 259 g/mol. The van der Waals surface area contributed by atoms with Crippen molar-refractivity contribution in [3.8, 4) is 0 Å². The smallest absolute Gasteiger partial charge is 0.0429 e. The minimum Gasteiger partial charge on any atom is -0.323 e. The first kappa shape index (κ1) is 9.69. The molecule has 2 rings (SSSR count). The summed E-state index contributed by atoms with van der Waals surface area (Å²) >= 11 is 5.32. The third-order valence-electron chi connectivity index (χ3n) is 2.86. The van der Waals surface area contributed by atoms with E-state index in [0.717, 1.165) is 5.92 Å². The van der Waals surface area contributed by atoms with Crippen molar-refractivity contribution in [3.63, 3.8) is 0 Å². The van der Waals surface area contributed by atoms with Gasteiger partial charge in [0.25, 0.3) is 0 Å². The molecule has 1 atom stereocenters. The summed E-state index contributed by atoms with van der Waals surface area (Å²) in [6.45, 7) is 0. The average Bonchev–Trinajstić information content (AvgIpc) is 2.72. The van der Waals surface area contributed by atoms with Crippen molar-refractivity contribution in [2.45, 2.75) is 31.7 Å². The van der Waals surface area contributed by atoms with Crippen LogP contribution in [0.2, 0.25) is 0 Å². The van der Waals surface area contributed by atoms with Crippen molar-refractivity contribution in [3.05, 3.63) is 20.8 Å². The van der Waals surface area contributed by atoms with Gasteiger partial charge in [0, 0.05) is 15.4 Å². The molecule has 1 heterocycles. The van der Waals surface area contributed by atoms with Crippen LogP contribution in [0.3, 0.4) is 0 Å². The number of hydrogen-bond acceptors (Lipinski definition) is 2. The fraction of sp³-hybridized carbons (Fsp3) is 0.600. The fourth-order valence-electron chi connectivity index (χ4n) is 2.07. The van der Waals surface area contributed by atoms with Crippen molar-refractivity contribution in [2.24, 2.45) is 11.7 Å². The van der Waals surface area contributed by atoms with Gasteiger partial charge in [-0.2, -0.15) is 0 Å². The molecule has 0 bridgehead atoms. The highest BCUT2D eigenvalue weighted by atomic mass is 79.9. The number of hydrogen-bond donors (Lipinski definition) is 1. The maximum Gasteiger partial charge on any atom is 0.0429 e. The van der Waals surface area contributed by atoms with Crippen LogP contribution in [0.15, 0.2) is 15.9 Å². The molecule has 0 saturated heterocycles. The number of nitrogens with two attached hydrogens (primary N) is 1. The standard InChI is InChI=1S/C10H14BrNS/c11-8-5-6-13-10(8)9(12)7-3-1-2-4-7/h5-7,9H,1-4,12H2/t9-/m1/s1. The molecular formula is C10H14BrNS. The molecule has 0 amide bonds. The second kappa shape index (κ2) is 4.11. The lowest BCUT2D eigenvalue weighted by Crippen LogP contribution is -2.18. The first-order valence-corrected chi connectivity index (χ1v) is 6.45. The molecule has 0 aromatic carbocycles. The van der Waals surface area contributed by atoms with E-state index >= 15 is 0 Å². The van der Waals surface area contributed by atoms with Gasteiger partial charge in [-0.05, 0) is 46.1 Å². The topological polar surface area (TPSA) is 26.0 Å². The molecule has 1 fully saturated rings. The zero-order valence-electron chi connectivity index (χ0n) is 7.50. The molecule has 1 aliphatic rings. The van der Waals surface area contributed by atoms with Gasteiger partial charge in [-0.25, -0.2) is 0 Å². The van der Waals surface area contributed by atoms with Crippen LogP contribution < -0.4 is 5.73 Å². The molecule has 1 nitrogen and oxygen atoms in total. The van der Waals surface area contributed by atoms with E-state index in [1.807, 2.05) is 0 Å². The van der Waals surface area contributed by atoms with Crippen molar-refractivity contribution in [2.75, 3.05) is 0 Å². The highest BCUT2D eigenvalue weighted by Gasteiger charge is 2.25. The minimum atomic E-state index is 0.261. The molecule has 1 aliphatic carbocycles. The predicted octanol–water partition coefficient (Wildman–Crippen LogP) is 3.70. The maximum absolute atomic E-state index is 6.23. The van der Waals surface area contributed by atoms with Crippen molar-refractivity contribution < 1.29 is 0 Å². The predicted molar refractivity (Wildman–Crippen MR) is 60.9 cm³/mol. The van der Waals surface area contributed by atoms with E-state index in [0.29, 0.717) is 0 Å². The summed E-state index contributed by atoms with van der Waals surface area (Å²) in [6, 6.07) is 2.35. The van der Waals surface area contributed by atoms with Crippen LogP contribution >= 0.6 is 27.3 Å². The van der Waals surface area contributed by atoms with E-state index in [9.17, 15) is 0 Å². The molecule has 1 aromatic heterocycles. The van der Waals surface area contributed by atoms with E-state index in [1.165, 1.54) is 35.0 Å². The minimum absolute atomic E-state index is 0.261.